The third kappa shape index (κ3) is 6.40. The van der Waals surface area contributed by atoms with Gasteiger partial charge in [0.1, 0.15) is 6.54 Å². The van der Waals surface area contributed by atoms with Crippen molar-refractivity contribution >= 4 is 28.8 Å². The minimum atomic E-state index is -4.48. The molecule has 25 heavy (non-hydrogen) atoms. The van der Waals surface area contributed by atoms with Crippen LogP contribution in [-0.2, 0) is 17.8 Å². The summed E-state index contributed by atoms with van der Waals surface area (Å²) in [6.07, 6.45) is -4.16. The topological polar surface area (TPSA) is 44.1 Å². The first-order chi connectivity index (χ1) is 11.8. The smallest absolute Gasteiger partial charge is 0.329 e. The van der Waals surface area contributed by atoms with Crippen molar-refractivity contribution in [2.24, 2.45) is 0 Å². The maximum atomic E-state index is 12.8. The highest BCUT2D eigenvalue weighted by Gasteiger charge is 2.32. The molecule has 0 N–H and O–H groups in total. The number of benzene rings is 1. The van der Waals surface area contributed by atoms with Crippen LogP contribution < -0.4 is 0 Å². The Morgan fingerprint density at radius 1 is 1.20 bits per heavy atom. The fraction of sp³-hybridized carbons (Fsp3) is 0.294. The van der Waals surface area contributed by atoms with Gasteiger partial charge in [0.05, 0.1) is 16.0 Å². The van der Waals surface area contributed by atoms with Crippen LogP contribution in [0.2, 0.25) is 4.34 Å². The largest absolute Gasteiger partial charge is 0.406 e. The molecule has 132 valence electrons. The lowest BCUT2D eigenvalue weighted by Crippen LogP contribution is -2.38. The van der Waals surface area contributed by atoms with Gasteiger partial charge >= 0.3 is 6.18 Å². The highest BCUT2D eigenvalue weighted by molar-refractivity contribution is 7.16. The van der Waals surface area contributed by atoms with E-state index in [1.54, 1.807) is 24.3 Å². The number of thiophene rings is 1. The number of alkyl halides is 3. The van der Waals surface area contributed by atoms with E-state index in [9.17, 15) is 18.0 Å². The Balaban J connectivity index is 2.05. The number of nitrogens with zero attached hydrogens (tertiary/aromatic N) is 2. The van der Waals surface area contributed by atoms with Crippen molar-refractivity contribution in [3.63, 3.8) is 0 Å². The first-order valence-electron chi connectivity index (χ1n) is 7.34. The molecular formula is C17H14ClF3N2OS. The molecule has 2 rings (SSSR count). The summed E-state index contributed by atoms with van der Waals surface area (Å²) in [4.78, 5) is 13.9. The highest BCUT2D eigenvalue weighted by Crippen LogP contribution is 2.24. The molecule has 1 aromatic heterocycles. The summed E-state index contributed by atoms with van der Waals surface area (Å²) in [5.74, 6) is -0.578. The van der Waals surface area contributed by atoms with Gasteiger partial charge in [-0.25, -0.2) is 0 Å². The van der Waals surface area contributed by atoms with Crippen LogP contribution in [0.4, 0.5) is 13.2 Å². The Morgan fingerprint density at radius 3 is 2.40 bits per heavy atom. The molecule has 0 aliphatic heterocycles. The fourth-order valence-corrected chi connectivity index (χ4v) is 3.32. The highest BCUT2D eigenvalue weighted by atomic mass is 35.5. The number of hydrogen-bond donors (Lipinski definition) is 0. The van der Waals surface area contributed by atoms with Crippen molar-refractivity contribution in [2.45, 2.75) is 25.6 Å². The van der Waals surface area contributed by atoms with Crippen molar-refractivity contribution in [2.75, 3.05) is 6.54 Å². The zero-order valence-electron chi connectivity index (χ0n) is 13.0. The molecular weight excluding hydrogens is 373 g/mol. The summed E-state index contributed by atoms with van der Waals surface area (Å²) < 4.78 is 39.0. The second kappa shape index (κ2) is 8.37. The average molecular weight is 387 g/mol. The number of halogens is 4. The molecule has 0 saturated carbocycles. The summed E-state index contributed by atoms with van der Waals surface area (Å²) in [5, 5.41) is 8.76. The maximum Gasteiger partial charge on any atom is 0.406 e. The van der Waals surface area contributed by atoms with Gasteiger partial charge in [0.15, 0.2) is 0 Å². The van der Waals surface area contributed by atoms with Gasteiger partial charge < -0.3 is 4.90 Å². The standard InChI is InChI=1S/C17H14ClF3N2OS/c18-15-7-5-14(25-15)6-8-16(24)23(11-17(19,20)21)10-13-3-1-12(9-22)2-4-13/h1-5,7H,6,8,10-11H2. The molecule has 0 aliphatic carbocycles. The normalized spacial score (nSPS) is 11.2. The Kier molecular flexibility index (Phi) is 6.45. The van der Waals surface area contributed by atoms with E-state index in [4.69, 9.17) is 16.9 Å². The van der Waals surface area contributed by atoms with Crippen molar-refractivity contribution in [1.29, 1.82) is 5.26 Å². The minimum Gasteiger partial charge on any atom is -0.329 e. The fourth-order valence-electron chi connectivity index (χ4n) is 2.23. The number of amides is 1. The van der Waals surface area contributed by atoms with E-state index in [1.165, 1.54) is 23.5 Å². The van der Waals surface area contributed by atoms with Gasteiger partial charge in [-0.15, -0.1) is 11.3 Å². The van der Waals surface area contributed by atoms with Gasteiger partial charge in [-0.05, 0) is 36.2 Å². The molecule has 0 aliphatic rings. The summed E-state index contributed by atoms with van der Waals surface area (Å²) in [5.41, 5.74) is 0.947. The minimum absolute atomic E-state index is 0.0246. The van der Waals surface area contributed by atoms with Crippen molar-refractivity contribution in [3.05, 3.63) is 56.7 Å². The van der Waals surface area contributed by atoms with Crippen LogP contribution in [0.15, 0.2) is 36.4 Å². The van der Waals surface area contributed by atoms with Gasteiger partial charge in [-0.2, -0.15) is 18.4 Å². The lowest BCUT2D eigenvalue weighted by atomic mass is 10.1. The van der Waals surface area contributed by atoms with E-state index in [2.05, 4.69) is 0 Å². The summed E-state index contributed by atoms with van der Waals surface area (Å²) >= 11 is 7.11. The number of aryl methyl sites for hydroxylation is 1. The average Bonchev–Trinajstić information content (AvgIpc) is 2.97. The van der Waals surface area contributed by atoms with Gasteiger partial charge in [0, 0.05) is 17.8 Å². The monoisotopic (exact) mass is 386 g/mol. The van der Waals surface area contributed by atoms with Crippen molar-refractivity contribution in [3.8, 4) is 6.07 Å². The SMILES string of the molecule is N#Cc1ccc(CN(CC(F)(F)F)C(=O)CCc2ccc(Cl)s2)cc1. The van der Waals surface area contributed by atoms with Gasteiger partial charge in [-0.1, -0.05) is 23.7 Å². The van der Waals surface area contributed by atoms with Crippen LogP contribution in [0.3, 0.4) is 0 Å². The summed E-state index contributed by atoms with van der Waals surface area (Å²) in [7, 11) is 0. The van der Waals surface area contributed by atoms with Gasteiger partial charge in [0.25, 0.3) is 0 Å². The van der Waals surface area contributed by atoms with Crippen molar-refractivity contribution in [1.82, 2.24) is 4.90 Å². The Labute approximate surface area is 152 Å². The number of carbonyl (C=O) groups is 1. The molecule has 0 atom stereocenters. The zero-order chi connectivity index (χ0) is 18.4. The van der Waals surface area contributed by atoms with Crippen LogP contribution in [0.5, 0.6) is 0 Å². The molecule has 2 aromatic rings. The Morgan fingerprint density at radius 2 is 1.88 bits per heavy atom. The van der Waals surface area contributed by atoms with Gasteiger partial charge in [0.2, 0.25) is 5.91 Å². The third-order valence-electron chi connectivity index (χ3n) is 3.39. The van der Waals surface area contributed by atoms with E-state index in [0.29, 0.717) is 21.9 Å². The van der Waals surface area contributed by atoms with Crippen LogP contribution in [0.1, 0.15) is 22.4 Å². The molecule has 0 radical (unpaired) electrons. The molecule has 0 unspecified atom stereocenters. The Hall–Kier alpha value is -2.04. The lowest BCUT2D eigenvalue weighted by Gasteiger charge is -2.24. The van der Waals surface area contributed by atoms with Crippen LogP contribution in [0, 0.1) is 11.3 Å². The summed E-state index contributed by atoms with van der Waals surface area (Å²) in [6, 6.07) is 11.5. The van der Waals surface area contributed by atoms with E-state index < -0.39 is 18.6 Å². The first kappa shape index (κ1) is 19.3. The van der Waals surface area contributed by atoms with Crippen LogP contribution >= 0.6 is 22.9 Å². The van der Waals surface area contributed by atoms with E-state index in [0.717, 1.165) is 9.78 Å². The predicted molar refractivity (Wildman–Crippen MR) is 90.3 cm³/mol. The molecule has 0 fully saturated rings. The molecule has 0 spiro atoms. The third-order valence-corrected chi connectivity index (χ3v) is 4.68. The maximum absolute atomic E-state index is 12.8. The molecule has 1 aromatic carbocycles. The van der Waals surface area contributed by atoms with Crippen LogP contribution in [0.25, 0.3) is 0 Å². The number of hydrogen-bond acceptors (Lipinski definition) is 3. The molecule has 3 nitrogen and oxygen atoms in total. The van der Waals surface area contributed by atoms with E-state index in [-0.39, 0.29) is 13.0 Å². The quantitative estimate of drug-likeness (QED) is 0.716. The molecule has 1 amide bonds. The zero-order valence-corrected chi connectivity index (χ0v) is 14.6. The van der Waals surface area contributed by atoms with Crippen molar-refractivity contribution < 1.29 is 18.0 Å². The Bertz CT molecular complexity index is 765. The van der Waals surface area contributed by atoms with E-state index in [1.807, 2.05) is 6.07 Å². The second-order valence-electron chi connectivity index (χ2n) is 5.38. The molecule has 0 saturated heterocycles. The molecule has 1 heterocycles. The second-order valence-corrected chi connectivity index (χ2v) is 7.18. The van der Waals surface area contributed by atoms with Crippen LogP contribution in [-0.4, -0.2) is 23.5 Å². The van der Waals surface area contributed by atoms with E-state index >= 15 is 0 Å². The molecule has 0 bridgehead atoms. The predicted octanol–water partition coefficient (Wildman–Crippen LogP) is 4.80. The number of rotatable bonds is 6. The summed E-state index contributed by atoms with van der Waals surface area (Å²) in [6.45, 7) is -1.47. The number of nitriles is 1. The lowest BCUT2D eigenvalue weighted by molar-refractivity contribution is -0.162. The first-order valence-corrected chi connectivity index (χ1v) is 8.54. The molecule has 8 heteroatoms. The van der Waals surface area contributed by atoms with Gasteiger partial charge in [-0.3, -0.25) is 4.79 Å². The number of carbonyl (C=O) groups excluding carboxylic acids is 1.